The highest BCUT2D eigenvalue weighted by molar-refractivity contribution is 5.69. The van der Waals surface area contributed by atoms with Crippen LogP contribution in [0.4, 0.5) is 4.79 Å². The van der Waals surface area contributed by atoms with Crippen molar-refractivity contribution in [1.29, 1.82) is 0 Å². The Balaban J connectivity index is 3.26. The van der Waals surface area contributed by atoms with E-state index in [1.54, 1.807) is 6.92 Å². The van der Waals surface area contributed by atoms with E-state index in [1.165, 1.54) is 6.92 Å². The van der Waals surface area contributed by atoms with Gasteiger partial charge in [0.25, 0.3) is 0 Å². The molecule has 0 aliphatic carbocycles. The van der Waals surface area contributed by atoms with Crippen molar-refractivity contribution in [2.75, 3.05) is 13.2 Å². The summed E-state index contributed by atoms with van der Waals surface area (Å²) >= 11 is 0. The van der Waals surface area contributed by atoms with Crippen molar-refractivity contribution < 1.29 is 57.1 Å². The van der Waals surface area contributed by atoms with Gasteiger partial charge in [-0.2, -0.15) is 0 Å². The Morgan fingerprint density at radius 2 is 1.34 bits per heavy atom. The fraction of sp³-hybridized carbons (Fsp3) is 0.737. The second-order valence-corrected chi connectivity index (χ2v) is 6.71. The highest BCUT2D eigenvalue weighted by Crippen LogP contribution is 2.30. The highest BCUT2D eigenvalue weighted by atomic mass is 16.7. The van der Waals surface area contributed by atoms with Gasteiger partial charge in [0.05, 0.1) is 6.61 Å². The van der Waals surface area contributed by atoms with E-state index in [0.717, 1.165) is 27.7 Å². The smallest absolute Gasteiger partial charge is 0.409 e. The number of nitrogens with one attached hydrogen (secondary N) is 1. The molecule has 1 aliphatic rings. The van der Waals surface area contributed by atoms with Crippen LogP contribution in [0.1, 0.15) is 41.5 Å². The van der Waals surface area contributed by atoms with Gasteiger partial charge in [-0.1, -0.05) is 0 Å². The third-order valence-corrected chi connectivity index (χ3v) is 3.88. The Bertz CT molecular complexity index is 696. The van der Waals surface area contributed by atoms with E-state index in [2.05, 4.69) is 5.32 Å². The number of carbonyl (C=O) groups excluding carboxylic acids is 5. The summed E-state index contributed by atoms with van der Waals surface area (Å²) in [6.45, 7) is 7.28. The van der Waals surface area contributed by atoms with Gasteiger partial charge >= 0.3 is 30.0 Å². The fourth-order valence-corrected chi connectivity index (χ4v) is 2.87. The molecule has 0 aromatic carbocycles. The van der Waals surface area contributed by atoms with Gasteiger partial charge in [-0.15, -0.1) is 0 Å². The predicted molar refractivity (Wildman–Crippen MR) is 103 cm³/mol. The van der Waals surface area contributed by atoms with Crippen LogP contribution in [0.2, 0.25) is 0 Å². The lowest BCUT2D eigenvalue weighted by Crippen LogP contribution is -2.63. The monoisotopic (exact) mass is 463 g/mol. The third kappa shape index (κ3) is 9.06. The van der Waals surface area contributed by atoms with Crippen molar-refractivity contribution >= 4 is 30.0 Å². The largest absolute Gasteiger partial charge is 0.463 e. The number of amides is 1. The van der Waals surface area contributed by atoms with Crippen molar-refractivity contribution in [3.05, 3.63) is 0 Å². The molecule has 13 heteroatoms. The van der Waals surface area contributed by atoms with Crippen LogP contribution in [0.25, 0.3) is 0 Å². The normalized spacial score (nSPS) is 25.6. The van der Waals surface area contributed by atoms with Gasteiger partial charge in [-0.05, 0) is 13.8 Å². The van der Waals surface area contributed by atoms with Gasteiger partial charge < -0.3 is 33.2 Å². The number of carbonyl (C=O) groups is 5. The van der Waals surface area contributed by atoms with Gasteiger partial charge in [0.1, 0.15) is 18.9 Å². The van der Waals surface area contributed by atoms with Crippen molar-refractivity contribution in [3.8, 4) is 0 Å². The maximum atomic E-state index is 11.7. The quantitative estimate of drug-likeness (QED) is 0.281. The van der Waals surface area contributed by atoms with Gasteiger partial charge in [0.2, 0.25) is 6.29 Å². The molecule has 0 aromatic heterocycles. The Labute approximate surface area is 184 Å². The van der Waals surface area contributed by atoms with E-state index >= 15 is 0 Å². The minimum atomic E-state index is -1.41. The molecule has 0 aromatic rings. The second-order valence-electron chi connectivity index (χ2n) is 6.71. The zero-order chi connectivity index (χ0) is 24.4. The maximum absolute atomic E-state index is 11.7. The molecule has 0 bridgehead atoms. The lowest BCUT2D eigenvalue weighted by atomic mass is 9.98. The van der Waals surface area contributed by atoms with Crippen molar-refractivity contribution in [3.63, 3.8) is 0 Å². The Morgan fingerprint density at radius 1 is 0.812 bits per heavy atom. The zero-order valence-electron chi connectivity index (χ0n) is 18.8. The summed E-state index contributed by atoms with van der Waals surface area (Å²) < 4.78 is 36.9. The van der Waals surface area contributed by atoms with E-state index in [0.29, 0.717) is 0 Å². The molecule has 1 fully saturated rings. The number of alkyl carbamates (subject to hydrolysis) is 1. The first-order valence-electron chi connectivity index (χ1n) is 9.83. The van der Waals surface area contributed by atoms with Gasteiger partial charge in [0, 0.05) is 27.7 Å². The molecule has 0 saturated carbocycles. The lowest BCUT2D eigenvalue weighted by molar-refractivity contribution is -0.317. The van der Waals surface area contributed by atoms with Crippen LogP contribution in [0.5, 0.6) is 0 Å². The first kappa shape index (κ1) is 27.1. The summed E-state index contributed by atoms with van der Waals surface area (Å²) in [4.78, 5) is 58.1. The fourth-order valence-electron chi connectivity index (χ4n) is 2.87. The Kier molecular flexibility index (Phi) is 10.9. The van der Waals surface area contributed by atoms with E-state index < -0.39 is 73.5 Å². The molecule has 0 radical (unpaired) electrons. The summed E-state index contributed by atoms with van der Waals surface area (Å²) in [5.41, 5.74) is 0. The van der Waals surface area contributed by atoms with Crippen LogP contribution in [0.15, 0.2) is 0 Å². The molecule has 1 aliphatic heterocycles. The van der Waals surface area contributed by atoms with E-state index in [-0.39, 0.29) is 6.61 Å². The van der Waals surface area contributed by atoms with Crippen molar-refractivity contribution in [2.45, 2.75) is 78.5 Å². The van der Waals surface area contributed by atoms with Crippen LogP contribution >= 0.6 is 0 Å². The second kappa shape index (κ2) is 12.8. The molecular weight excluding hydrogens is 434 g/mol. The minimum absolute atomic E-state index is 0.123. The maximum Gasteiger partial charge on any atom is 0.409 e. The molecule has 13 nitrogen and oxygen atoms in total. The first-order chi connectivity index (χ1) is 14.9. The van der Waals surface area contributed by atoms with Gasteiger partial charge in [-0.25, -0.2) is 4.79 Å². The number of hydrogen-bond donors (Lipinski definition) is 1. The van der Waals surface area contributed by atoms with Crippen LogP contribution in [0, 0.1) is 0 Å². The van der Waals surface area contributed by atoms with Crippen LogP contribution in [-0.4, -0.2) is 80.1 Å². The summed E-state index contributed by atoms with van der Waals surface area (Å²) in [7, 11) is 0. The Hall–Kier alpha value is -2.93. The van der Waals surface area contributed by atoms with Crippen LogP contribution in [-0.2, 0) is 52.3 Å². The molecule has 1 heterocycles. The van der Waals surface area contributed by atoms with Gasteiger partial charge in [0.15, 0.2) is 18.3 Å². The summed E-state index contributed by atoms with van der Waals surface area (Å²) in [5.74, 6) is -2.93. The average molecular weight is 463 g/mol. The van der Waals surface area contributed by atoms with Crippen LogP contribution in [0.3, 0.4) is 0 Å². The number of rotatable bonds is 9. The summed E-state index contributed by atoms with van der Waals surface area (Å²) in [6, 6.07) is 0. The summed E-state index contributed by atoms with van der Waals surface area (Å²) in [5, 5.41) is 2.38. The van der Waals surface area contributed by atoms with E-state index in [4.69, 9.17) is 33.2 Å². The number of ether oxygens (including phenoxy) is 7. The molecule has 0 spiro atoms. The molecular formula is C19H29NO12. The highest BCUT2D eigenvalue weighted by Gasteiger charge is 2.53. The lowest BCUT2D eigenvalue weighted by Gasteiger charge is -2.44. The SMILES string of the molecule is CCOC(=O)N[C@H](C)O[C@@H]1O[C@H](COC(C)=O)[C@@H](OC(C)=O)[C@H](OC(C)=O)[C@H]1OC(C)=O. The zero-order valence-corrected chi connectivity index (χ0v) is 18.8. The topological polar surface area (TPSA) is 162 Å². The molecule has 182 valence electrons. The molecule has 1 rings (SSSR count). The van der Waals surface area contributed by atoms with Crippen molar-refractivity contribution in [2.24, 2.45) is 0 Å². The molecule has 0 unspecified atom stereocenters. The van der Waals surface area contributed by atoms with E-state index in [1.807, 2.05) is 0 Å². The van der Waals surface area contributed by atoms with Gasteiger partial charge in [-0.3, -0.25) is 24.5 Å². The summed E-state index contributed by atoms with van der Waals surface area (Å²) in [6.07, 6.45) is -8.39. The minimum Gasteiger partial charge on any atom is -0.463 e. The molecule has 1 saturated heterocycles. The van der Waals surface area contributed by atoms with E-state index in [9.17, 15) is 24.0 Å². The molecule has 1 amide bonds. The van der Waals surface area contributed by atoms with Crippen molar-refractivity contribution in [1.82, 2.24) is 5.32 Å². The first-order valence-corrected chi connectivity index (χ1v) is 9.83. The predicted octanol–water partition coefficient (Wildman–Crippen LogP) is 0.178. The van der Waals surface area contributed by atoms with Crippen LogP contribution < -0.4 is 5.32 Å². The Morgan fingerprint density at radius 3 is 1.84 bits per heavy atom. The molecule has 6 atom stereocenters. The standard InChI is InChI=1S/C19H29NO12/c1-7-26-19(25)20-9(2)28-18-17(31-13(6)24)16(30-12(5)23)15(29-11(4)22)14(32-18)8-27-10(3)21/h9,14-18H,7-8H2,1-6H3,(H,20,25)/t9-,14+,15+,16-,17+,18+/m0/s1. The number of hydrogen-bond acceptors (Lipinski definition) is 12. The molecule has 32 heavy (non-hydrogen) atoms. The molecule has 1 N–H and O–H groups in total. The third-order valence-electron chi connectivity index (χ3n) is 3.88. The number of esters is 4. The average Bonchev–Trinajstić information content (AvgIpc) is 2.63.